The van der Waals surface area contributed by atoms with Crippen molar-refractivity contribution in [3.8, 4) is 6.07 Å². The molecule has 0 aliphatic carbocycles. The van der Waals surface area contributed by atoms with E-state index in [-0.39, 0.29) is 0 Å². The first-order chi connectivity index (χ1) is 12.8. The predicted molar refractivity (Wildman–Crippen MR) is 100 cm³/mol. The van der Waals surface area contributed by atoms with Gasteiger partial charge in [0.25, 0.3) is 0 Å². The van der Waals surface area contributed by atoms with Crippen LogP contribution in [0.1, 0.15) is 5.56 Å². The summed E-state index contributed by atoms with van der Waals surface area (Å²) in [6.45, 7) is 0. The number of hydrogen-bond donors (Lipinski definition) is 3. The molecular formula is C19H15N7. The molecular weight excluding hydrogens is 326 g/mol. The smallest absolute Gasteiger partial charge is 0.165 e. The average molecular weight is 341 g/mol. The van der Waals surface area contributed by atoms with Crippen molar-refractivity contribution < 1.29 is 0 Å². The Kier molecular flexibility index (Phi) is 4.14. The van der Waals surface area contributed by atoms with Crippen molar-refractivity contribution in [1.29, 1.82) is 5.26 Å². The van der Waals surface area contributed by atoms with Crippen LogP contribution in [-0.2, 0) is 6.42 Å². The van der Waals surface area contributed by atoms with Crippen molar-refractivity contribution >= 4 is 34.0 Å². The fourth-order valence-corrected chi connectivity index (χ4v) is 2.69. The zero-order valence-electron chi connectivity index (χ0n) is 13.8. The van der Waals surface area contributed by atoms with Crippen LogP contribution in [0.2, 0.25) is 0 Å². The van der Waals surface area contributed by atoms with Gasteiger partial charge < -0.3 is 10.6 Å². The molecule has 3 N–H and O–H groups in total. The Morgan fingerprint density at radius 3 is 2.58 bits per heavy atom. The first-order valence-corrected chi connectivity index (χ1v) is 8.07. The number of aromatic amines is 1. The first-order valence-electron chi connectivity index (χ1n) is 8.07. The molecule has 4 aromatic rings. The highest BCUT2D eigenvalue weighted by atomic mass is 15.2. The Morgan fingerprint density at radius 1 is 0.923 bits per heavy atom. The maximum Gasteiger partial charge on any atom is 0.165 e. The summed E-state index contributed by atoms with van der Waals surface area (Å²) in [6, 6.07) is 19.6. The number of fused-ring (bicyclic) bond motifs is 1. The topological polar surface area (TPSA) is 102 Å². The van der Waals surface area contributed by atoms with E-state index in [2.05, 4.69) is 36.9 Å². The molecule has 0 bridgehead atoms. The van der Waals surface area contributed by atoms with Gasteiger partial charge in [-0.1, -0.05) is 30.3 Å². The average Bonchev–Trinajstić information content (AvgIpc) is 3.07. The minimum absolute atomic E-state index is 0.362. The summed E-state index contributed by atoms with van der Waals surface area (Å²) in [7, 11) is 0. The lowest BCUT2D eigenvalue weighted by atomic mass is 10.1. The Morgan fingerprint density at radius 2 is 1.73 bits per heavy atom. The summed E-state index contributed by atoms with van der Waals surface area (Å²) in [5, 5.41) is 23.5. The number of benzene rings is 2. The third-order valence-electron chi connectivity index (χ3n) is 3.87. The number of hydrogen-bond acceptors (Lipinski definition) is 6. The number of anilines is 4. The lowest BCUT2D eigenvalue weighted by Crippen LogP contribution is -1.98. The van der Waals surface area contributed by atoms with Gasteiger partial charge in [-0.15, -0.1) is 0 Å². The molecule has 2 heterocycles. The van der Waals surface area contributed by atoms with Gasteiger partial charge in [0.15, 0.2) is 11.5 Å². The molecule has 0 spiro atoms. The van der Waals surface area contributed by atoms with Gasteiger partial charge in [-0.2, -0.15) is 10.4 Å². The molecule has 0 saturated heterocycles. The van der Waals surface area contributed by atoms with Gasteiger partial charge in [0.2, 0.25) is 0 Å². The van der Waals surface area contributed by atoms with Crippen LogP contribution in [0.5, 0.6) is 0 Å². The van der Waals surface area contributed by atoms with E-state index in [4.69, 9.17) is 5.26 Å². The van der Waals surface area contributed by atoms with E-state index in [0.29, 0.717) is 23.7 Å². The van der Waals surface area contributed by atoms with E-state index in [0.717, 1.165) is 22.3 Å². The van der Waals surface area contributed by atoms with Gasteiger partial charge in [0.05, 0.1) is 12.5 Å². The van der Waals surface area contributed by atoms with Crippen molar-refractivity contribution in [3.05, 3.63) is 66.5 Å². The van der Waals surface area contributed by atoms with E-state index >= 15 is 0 Å². The minimum atomic E-state index is 0.362. The van der Waals surface area contributed by atoms with E-state index in [1.165, 1.54) is 6.33 Å². The van der Waals surface area contributed by atoms with Crippen molar-refractivity contribution in [2.45, 2.75) is 6.42 Å². The molecule has 0 unspecified atom stereocenters. The third kappa shape index (κ3) is 3.16. The minimum Gasteiger partial charge on any atom is -0.339 e. The molecule has 0 amide bonds. The van der Waals surface area contributed by atoms with E-state index < -0.39 is 0 Å². The van der Waals surface area contributed by atoms with Crippen molar-refractivity contribution in [2.24, 2.45) is 0 Å². The first kappa shape index (κ1) is 15.6. The molecule has 7 nitrogen and oxygen atoms in total. The lowest BCUT2D eigenvalue weighted by Gasteiger charge is -2.09. The number of rotatable bonds is 5. The molecule has 126 valence electrons. The van der Waals surface area contributed by atoms with Gasteiger partial charge in [-0.3, -0.25) is 5.10 Å². The van der Waals surface area contributed by atoms with Gasteiger partial charge in [0.1, 0.15) is 17.5 Å². The summed E-state index contributed by atoms with van der Waals surface area (Å²) in [6.07, 6.45) is 1.84. The highest BCUT2D eigenvalue weighted by molar-refractivity contribution is 5.98. The normalized spacial score (nSPS) is 10.4. The molecule has 2 aromatic carbocycles. The Labute approximate surface area is 149 Å². The molecule has 4 rings (SSSR count). The van der Waals surface area contributed by atoms with Gasteiger partial charge >= 0.3 is 0 Å². The molecule has 0 fully saturated rings. The fourth-order valence-electron chi connectivity index (χ4n) is 2.69. The highest BCUT2D eigenvalue weighted by Crippen LogP contribution is 2.29. The fraction of sp³-hybridized carbons (Fsp3) is 0.0526. The van der Waals surface area contributed by atoms with Crippen LogP contribution in [0, 0.1) is 11.3 Å². The number of nitriles is 1. The van der Waals surface area contributed by atoms with Gasteiger partial charge in [0, 0.05) is 11.4 Å². The number of nitrogens with one attached hydrogen (secondary N) is 3. The number of aromatic nitrogens is 4. The van der Waals surface area contributed by atoms with Crippen LogP contribution in [0.25, 0.3) is 11.0 Å². The Balaban J connectivity index is 1.70. The maximum absolute atomic E-state index is 8.88. The molecule has 0 saturated carbocycles. The summed E-state index contributed by atoms with van der Waals surface area (Å²) in [5.41, 5.74) is 3.35. The summed E-state index contributed by atoms with van der Waals surface area (Å²) in [4.78, 5) is 8.61. The van der Waals surface area contributed by atoms with Crippen molar-refractivity contribution in [3.63, 3.8) is 0 Å². The van der Waals surface area contributed by atoms with Crippen LogP contribution < -0.4 is 10.6 Å². The SMILES string of the molecule is N#CCc1cccc(Nc2ncnc3[nH]nc(Nc4ccccc4)c23)c1. The third-order valence-corrected chi connectivity index (χ3v) is 3.87. The van der Waals surface area contributed by atoms with E-state index in [1.54, 1.807) is 0 Å². The van der Waals surface area contributed by atoms with Crippen molar-refractivity contribution in [1.82, 2.24) is 20.2 Å². The van der Waals surface area contributed by atoms with Crippen LogP contribution in [0.15, 0.2) is 60.9 Å². The standard InChI is InChI=1S/C19H15N7/c20-10-9-13-5-4-8-15(11-13)24-17-16-18(22-12-21-17)25-26-19(16)23-14-6-2-1-3-7-14/h1-8,11-12H,9H2,(H3,21,22,23,24,25,26). The molecule has 2 aromatic heterocycles. The predicted octanol–water partition coefficient (Wildman–Crippen LogP) is 3.91. The van der Waals surface area contributed by atoms with Gasteiger partial charge in [-0.05, 0) is 29.8 Å². The van der Waals surface area contributed by atoms with E-state index in [1.807, 2.05) is 54.6 Å². The molecule has 7 heteroatoms. The highest BCUT2D eigenvalue weighted by Gasteiger charge is 2.13. The van der Waals surface area contributed by atoms with Crippen molar-refractivity contribution in [2.75, 3.05) is 10.6 Å². The molecule has 26 heavy (non-hydrogen) atoms. The molecule has 0 aliphatic heterocycles. The Hall–Kier alpha value is -3.92. The monoisotopic (exact) mass is 341 g/mol. The quantitative estimate of drug-likeness (QED) is 0.509. The summed E-state index contributed by atoms with van der Waals surface area (Å²) < 4.78 is 0. The summed E-state index contributed by atoms with van der Waals surface area (Å²) in [5.74, 6) is 1.28. The van der Waals surface area contributed by atoms with Crippen LogP contribution in [0.4, 0.5) is 23.0 Å². The molecule has 0 aliphatic rings. The zero-order valence-corrected chi connectivity index (χ0v) is 13.8. The second kappa shape index (κ2) is 6.91. The summed E-state index contributed by atoms with van der Waals surface area (Å²) >= 11 is 0. The largest absolute Gasteiger partial charge is 0.339 e. The van der Waals surface area contributed by atoms with Crippen LogP contribution >= 0.6 is 0 Å². The molecule has 0 atom stereocenters. The zero-order chi connectivity index (χ0) is 17.8. The van der Waals surface area contributed by atoms with E-state index in [9.17, 15) is 0 Å². The number of nitrogens with zero attached hydrogens (tertiary/aromatic N) is 4. The van der Waals surface area contributed by atoms with Crippen LogP contribution in [-0.4, -0.2) is 20.2 Å². The number of H-pyrrole nitrogens is 1. The lowest BCUT2D eigenvalue weighted by molar-refractivity contribution is 1.09. The Bertz CT molecular complexity index is 1080. The second-order valence-electron chi connectivity index (χ2n) is 5.67. The molecule has 0 radical (unpaired) electrons. The maximum atomic E-state index is 8.88. The number of para-hydroxylation sites is 1. The van der Waals surface area contributed by atoms with Crippen LogP contribution in [0.3, 0.4) is 0 Å². The second-order valence-corrected chi connectivity index (χ2v) is 5.67. The van der Waals surface area contributed by atoms with Gasteiger partial charge in [-0.25, -0.2) is 9.97 Å².